The summed E-state index contributed by atoms with van der Waals surface area (Å²) >= 11 is 2.22. The van der Waals surface area contributed by atoms with E-state index in [1.54, 1.807) is 21.3 Å². The van der Waals surface area contributed by atoms with Crippen molar-refractivity contribution in [1.82, 2.24) is 0 Å². The topological polar surface area (TPSA) is 27.7 Å². The first-order valence-electron chi connectivity index (χ1n) is 1.99. The maximum atomic E-state index is 4.91. The molecule has 0 aliphatic heterocycles. The molecule has 0 saturated heterocycles. The molecule has 0 aliphatic carbocycles. The average molecular weight is 322 g/mol. The van der Waals surface area contributed by atoms with E-state index < -0.39 is 5.83 Å². The molecular formula is C3H10AuO3P. The Hall–Kier alpha value is 1.05. The van der Waals surface area contributed by atoms with Gasteiger partial charge in [-0.2, -0.15) is 0 Å². The first kappa shape index (κ1) is 9.05. The van der Waals surface area contributed by atoms with Crippen molar-refractivity contribution in [3.05, 3.63) is 0 Å². The van der Waals surface area contributed by atoms with Crippen LogP contribution in [0.5, 0.6) is 0 Å². The van der Waals surface area contributed by atoms with E-state index in [0.29, 0.717) is 0 Å². The minimum atomic E-state index is -2.23. The number of hydrogen-bond donors (Lipinski definition) is 0. The van der Waals surface area contributed by atoms with Crippen LogP contribution >= 0.6 is 5.83 Å². The summed E-state index contributed by atoms with van der Waals surface area (Å²) in [5.74, 6) is -2.23. The van der Waals surface area contributed by atoms with Gasteiger partial charge in [0.05, 0.1) is 0 Å². The van der Waals surface area contributed by atoms with E-state index in [4.69, 9.17) is 13.6 Å². The van der Waals surface area contributed by atoms with Crippen LogP contribution < -0.4 is 0 Å². The quantitative estimate of drug-likeness (QED) is 0.570. The van der Waals surface area contributed by atoms with E-state index in [2.05, 4.69) is 20.5 Å². The Balaban J connectivity index is 3.58. The van der Waals surface area contributed by atoms with E-state index >= 15 is 0 Å². The van der Waals surface area contributed by atoms with Gasteiger partial charge in [-0.25, -0.2) is 0 Å². The SMILES string of the molecule is CO[PH]([Au])(OC)OC. The molecule has 3 nitrogen and oxygen atoms in total. The van der Waals surface area contributed by atoms with Crippen molar-refractivity contribution in [2.45, 2.75) is 0 Å². The normalized spacial score (nSPS) is 14.1. The van der Waals surface area contributed by atoms with Gasteiger partial charge in [0, 0.05) is 0 Å². The first-order chi connectivity index (χ1) is 3.68. The fourth-order valence-electron chi connectivity index (χ4n) is 0.250. The van der Waals surface area contributed by atoms with E-state index in [0.717, 1.165) is 0 Å². The summed E-state index contributed by atoms with van der Waals surface area (Å²) in [6.07, 6.45) is 0. The summed E-state index contributed by atoms with van der Waals surface area (Å²) in [6, 6.07) is 0. The molecular weight excluding hydrogens is 312 g/mol. The van der Waals surface area contributed by atoms with E-state index in [1.165, 1.54) is 0 Å². The van der Waals surface area contributed by atoms with Crippen molar-refractivity contribution in [2.75, 3.05) is 21.3 Å². The molecule has 0 fully saturated rings. The molecule has 0 spiro atoms. The standard InChI is InChI=1S/C3H10O3P.Au/c1-4-7(5-2)6-3;/h7H,1-3H3;/q+1;-1. The summed E-state index contributed by atoms with van der Waals surface area (Å²) < 4.78 is 14.7. The van der Waals surface area contributed by atoms with E-state index in [9.17, 15) is 0 Å². The van der Waals surface area contributed by atoms with Crippen LogP contribution in [0.15, 0.2) is 0 Å². The summed E-state index contributed by atoms with van der Waals surface area (Å²) in [6.45, 7) is 0. The Morgan fingerprint density at radius 3 is 1.25 bits per heavy atom. The van der Waals surface area contributed by atoms with Crippen LogP contribution in [-0.4, -0.2) is 21.3 Å². The summed E-state index contributed by atoms with van der Waals surface area (Å²) in [5.41, 5.74) is 0. The molecule has 56 valence electrons. The Morgan fingerprint density at radius 2 is 1.25 bits per heavy atom. The van der Waals surface area contributed by atoms with E-state index in [1.807, 2.05) is 0 Å². The van der Waals surface area contributed by atoms with Gasteiger partial charge >= 0.3 is 61.3 Å². The second-order valence-electron chi connectivity index (χ2n) is 1.05. The van der Waals surface area contributed by atoms with Crippen molar-refractivity contribution in [1.29, 1.82) is 0 Å². The van der Waals surface area contributed by atoms with Gasteiger partial charge in [-0.05, 0) is 0 Å². The van der Waals surface area contributed by atoms with Gasteiger partial charge in [0.25, 0.3) is 0 Å². The fourth-order valence-corrected chi connectivity index (χ4v) is 0.750. The Bertz CT molecular complexity index is 57.3. The monoisotopic (exact) mass is 322 g/mol. The third-order valence-corrected chi connectivity index (χ3v) is 6.03. The van der Waals surface area contributed by atoms with Crippen LogP contribution in [0.3, 0.4) is 0 Å². The summed E-state index contributed by atoms with van der Waals surface area (Å²) in [5, 5.41) is 0. The van der Waals surface area contributed by atoms with Crippen molar-refractivity contribution in [3.63, 3.8) is 0 Å². The van der Waals surface area contributed by atoms with Crippen LogP contribution in [0, 0.1) is 0 Å². The third-order valence-electron chi connectivity index (χ3n) is 0.685. The van der Waals surface area contributed by atoms with Gasteiger partial charge in [0.15, 0.2) is 0 Å². The summed E-state index contributed by atoms with van der Waals surface area (Å²) in [7, 11) is 4.71. The second kappa shape index (κ2) is 3.96. The van der Waals surface area contributed by atoms with Gasteiger partial charge in [-0.15, -0.1) is 0 Å². The molecule has 0 aromatic carbocycles. The second-order valence-corrected chi connectivity index (χ2v) is 7.12. The third kappa shape index (κ3) is 2.56. The molecule has 0 rings (SSSR count). The molecule has 0 unspecified atom stereocenters. The maximum absolute atomic E-state index is 4.91. The van der Waals surface area contributed by atoms with Gasteiger partial charge in [-0.3, -0.25) is 0 Å². The molecule has 0 atom stereocenters. The van der Waals surface area contributed by atoms with Crippen molar-refractivity contribution in [2.24, 2.45) is 0 Å². The molecule has 8 heavy (non-hydrogen) atoms. The minimum absolute atomic E-state index is 1.57. The molecule has 0 N–H and O–H groups in total. The van der Waals surface area contributed by atoms with Crippen LogP contribution in [0.4, 0.5) is 0 Å². The molecule has 0 aromatic rings. The molecule has 0 amide bonds. The average Bonchev–Trinajstić information content (AvgIpc) is 1.87. The van der Waals surface area contributed by atoms with Crippen molar-refractivity contribution >= 4 is 5.83 Å². The Labute approximate surface area is 61.6 Å². The predicted octanol–water partition coefficient (Wildman–Crippen LogP) is 0.882. The predicted molar refractivity (Wildman–Crippen MR) is 29.3 cm³/mol. The van der Waals surface area contributed by atoms with Crippen LogP contribution in [0.2, 0.25) is 0 Å². The van der Waals surface area contributed by atoms with Gasteiger partial charge in [-0.1, -0.05) is 0 Å². The number of hydrogen-bond acceptors (Lipinski definition) is 3. The fraction of sp³-hybridized carbons (Fsp3) is 1.00. The van der Waals surface area contributed by atoms with Gasteiger partial charge in [0.1, 0.15) is 0 Å². The van der Waals surface area contributed by atoms with Gasteiger partial charge < -0.3 is 0 Å². The van der Waals surface area contributed by atoms with Crippen LogP contribution in [-0.2, 0) is 34.1 Å². The van der Waals surface area contributed by atoms with Crippen LogP contribution in [0.25, 0.3) is 0 Å². The molecule has 0 heterocycles. The zero-order valence-electron chi connectivity index (χ0n) is 5.03. The van der Waals surface area contributed by atoms with E-state index in [-0.39, 0.29) is 0 Å². The molecule has 0 aliphatic rings. The summed E-state index contributed by atoms with van der Waals surface area (Å²) in [4.78, 5) is 0. The zero-order valence-corrected chi connectivity index (χ0v) is 8.19. The Morgan fingerprint density at radius 1 is 1.00 bits per heavy atom. The van der Waals surface area contributed by atoms with Crippen LogP contribution in [0.1, 0.15) is 0 Å². The van der Waals surface area contributed by atoms with Gasteiger partial charge in [0.2, 0.25) is 0 Å². The molecule has 0 saturated carbocycles. The first-order valence-corrected chi connectivity index (χ1v) is 6.76. The van der Waals surface area contributed by atoms with Crippen molar-refractivity contribution < 1.29 is 34.1 Å². The van der Waals surface area contributed by atoms with Crippen molar-refractivity contribution in [3.8, 4) is 0 Å². The molecule has 0 bridgehead atoms. The number of rotatable bonds is 3. The molecule has 5 heteroatoms. The Kier molecular flexibility index (Phi) is 4.48. The molecule has 0 radical (unpaired) electrons. The zero-order chi connectivity index (χ0) is 6.62. The molecule has 0 aromatic heterocycles.